The van der Waals surface area contributed by atoms with E-state index in [1.165, 1.54) is 0 Å². The number of anilines is 1. The third-order valence-electron chi connectivity index (χ3n) is 4.40. The van der Waals surface area contributed by atoms with Crippen LogP contribution in [0.1, 0.15) is 41.7 Å². The lowest BCUT2D eigenvalue weighted by Gasteiger charge is -2.30. The van der Waals surface area contributed by atoms with Gasteiger partial charge in [0.05, 0.1) is 18.3 Å². The third kappa shape index (κ3) is 3.76. The van der Waals surface area contributed by atoms with Gasteiger partial charge in [-0.3, -0.25) is 9.48 Å². The van der Waals surface area contributed by atoms with E-state index in [0.717, 1.165) is 24.1 Å². The quantitative estimate of drug-likeness (QED) is 0.902. The van der Waals surface area contributed by atoms with Gasteiger partial charge in [0.15, 0.2) is 0 Å². The van der Waals surface area contributed by atoms with Crippen LogP contribution in [0.4, 0.5) is 5.69 Å². The van der Waals surface area contributed by atoms with Crippen LogP contribution in [-0.4, -0.2) is 44.9 Å². The highest BCUT2D eigenvalue weighted by molar-refractivity contribution is 5.95. The molecule has 0 spiro atoms. The number of β-amino-alcohol motifs (C(OH)–C–C–N with tert-alkyl or cyclic N) is 1. The second-order valence-electron chi connectivity index (χ2n) is 6.44. The summed E-state index contributed by atoms with van der Waals surface area (Å²) in [5.41, 5.74) is 2.63. The summed E-state index contributed by atoms with van der Waals surface area (Å²) in [7, 11) is 1.89. The number of aliphatic hydroxyl groups excluding tert-OH is 1. The van der Waals surface area contributed by atoms with Gasteiger partial charge in [0, 0.05) is 43.1 Å². The molecule has 2 unspecified atom stereocenters. The minimum absolute atomic E-state index is 0.0218. The highest BCUT2D eigenvalue weighted by Crippen LogP contribution is 2.21. The number of carbonyl (C=O) groups excluding carboxylic acids is 1. The van der Waals surface area contributed by atoms with Crippen molar-refractivity contribution >= 4 is 11.6 Å². The number of nitrogens with zero attached hydrogens (tertiary/aromatic N) is 3. The summed E-state index contributed by atoms with van der Waals surface area (Å²) in [5.74, 6) is -0.0218. The summed E-state index contributed by atoms with van der Waals surface area (Å²) < 4.78 is 1.77. The number of likely N-dealkylation sites (tertiary alicyclic amines) is 1. The number of piperidine rings is 1. The Morgan fingerprint density at radius 2 is 2.29 bits per heavy atom. The number of hydrogen-bond donors (Lipinski definition) is 2. The molecule has 0 saturated carbocycles. The number of hydrogen-bond acceptors (Lipinski definition) is 4. The molecule has 128 valence electrons. The summed E-state index contributed by atoms with van der Waals surface area (Å²) in [4.78, 5) is 14.4. The first-order valence-corrected chi connectivity index (χ1v) is 8.35. The molecule has 2 heterocycles. The van der Waals surface area contributed by atoms with Crippen LogP contribution in [-0.2, 0) is 7.05 Å². The van der Waals surface area contributed by atoms with Gasteiger partial charge in [-0.15, -0.1) is 0 Å². The molecular formula is C18H24N4O2. The average molecular weight is 328 g/mol. The molecule has 1 aromatic carbocycles. The number of benzene rings is 1. The maximum atomic E-state index is 12.6. The van der Waals surface area contributed by atoms with E-state index in [1.54, 1.807) is 9.58 Å². The Bertz CT molecular complexity index is 713. The minimum Gasteiger partial charge on any atom is -0.391 e. The first kappa shape index (κ1) is 16.5. The predicted octanol–water partition coefficient (Wildman–Crippen LogP) is 2.19. The van der Waals surface area contributed by atoms with Gasteiger partial charge in [0.25, 0.3) is 5.91 Å². The lowest BCUT2D eigenvalue weighted by molar-refractivity contribution is 0.0474. The summed E-state index contributed by atoms with van der Waals surface area (Å²) in [6, 6.07) is 7.63. The van der Waals surface area contributed by atoms with Gasteiger partial charge in [0.1, 0.15) is 0 Å². The molecule has 1 aliphatic heterocycles. The van der Waals surface area contributed by atoms with Crippen molar-refractivity contribution in [1.82, 2.24) is 14.7 Å². The second-order valence-corrected chi connectivity index (χ2v) is 6.44. The van der Waals surface area contributed by atoms with E-state index in [1.807, 2.05) is 43.7 Å². The van der Waals surface area contributed by atoms with Crippen LogP contribution in [0.15, 0.2) is 36.7 Å². The molecule has 1 saturated heterocycles. The summed E-state index contributed by atoms with van der Waals surface area (Å²) in [6.07, 6.45) is 5.02. The maximum Gasteiger partial charge on any atom is 0.254 e. The molecule has 0 aliphatic carbocycles. The van der Waals surface area contributed by atoms with Gasteiger partial charge in [-0.25, -0.2) is 0 Å². The van der Waals surface area contributed by atoms with Crippen LogP contribution in [0.3, 0.4) is 0 Å². The zero-order valence-corrected chi connectivity index (χ0v) is 14.1. The fraction of sp³-hybridized carbons (Fsp3) is 0.444. The van der Waals surface area contributed by atoms with Crippen molar-refractivity contribution in [1.29, 1.82) is 0 Å². The monoisotopic (exact) mass is 328 g/mol. The number of rotatable bonds is 4. The van der Waals surface area contributed by atoms with Gasteiger partial charge >= 0.3 is 0 Å². The Morgan fingerprint density at radius 3 is 3.00 bits per heavy atom. The van der Waals surface area contributed by atoms with Crippen molar-refractivity contribution < 1.29 is 9.90 Å². The predicted molar refractivity (Wildman–Crippen MR) is 92.8 cm³/mol. The molecule has 24 heavy (non-hydrogen) atoms. The van der Waals surface area contributed by atoms with Crippen molar-refractivity contribution in [2.75, 3.05) is 18.4 Å². The van der Waals surface area contributed by atoms with Crippen molar-refractivity contribution in [3.63, 3.8) is 0 Å². The fourth-order valence-electron chi connectivity index (χ4n) is 3.06. The first-order valence-electron chi connectivity index (χ1n) is 8.35. The van der Waals surface area contributed by atoms with Crippen LogP contribution in [0.5, 0.6) is 0 Å². The molecule has 3 rings (SSSR count). The van der Waals surface area contributed by atoms with Crippen molar-refractivity contribution in [2.45, 2.75) is 31.9 Å². The van der Waals surface area contributed by atoms with Crippen LogP contribution in [0, 0.1) is 0 Å². The van der Waals surface area contributed by atoms with Gasteiger partial charge < -0.3 is 15.3 Å². The highest BCUT2D eigenvalue weighted by atomic mass is 16.3. The van der Waals surface area contributed by atoms with E-state index in [9.17, 15) is 9.90 Å². The zero-order valence-electron chi connectivity index (χ0n) is 14.1. The standard InChI is InChI=1S/C18H24N4O2/c1-13(15-10-19-21(2)11-15)20-16-6-3-5-14(9-16)18(24)22-8-4-7-17(23)12-22/h3,5-6,9-11,13,17,20,23H,4,7-8,12H2,1-2H3. The van der Waals surface area contributed by atoms with E-state index < -0.39 is 6.10 Å². The van der Waals surface area contributed by atoms with E-state index in [4.69, 9.17) is 0 Å². The largest absolute Gasteiger partial charge is 0.391 e. The number of nitrogens with one attached hydrogen (secondary N) is 1. The Labute approximate surface area is 142 Å². The average Bonchev–Trinajstić information content (AvgIpc) is 3.01. The molecule has 1 aliphatic rings. The van der Waals surface area contributed by atoms with Gasteiger partial charge in [0.2, 0.25) is 0 Å². The summed E-state index contributed by atoms with van der Waals surface area (Å²) in [5, 5.41) is 17.4. The smallest absolute Gasteiger partial charge is 0.254 e. The van der Waals surface area contributed by atoms with Gasteiger partial charge in [-0.05, 0) is 38.0 Å². The molecule has 6 nitrogen and oxygen atoms in total. The molecule has 1 fully saturated rings. The van der Waals surface area contributed by atoms with Crippen LogP contribution in [0.25, 0.3) is 0 Å². The lowest BCUT2D eigenvalue weighted by Crippen LogP contribution is -2.42. The summed E-state index contributed by atoms with van der Waals surface area (Å²) >= 11 is 0. The highest BCUT2D eigenvalue weighted by Gasteiger charge is 2.23. The number of aliphatic hydroxyl groups is 1. The third-order valence-corrected chi connectivity index (χ3v) is 4.40. The van der Waals surface area contributed by atoms with E-state index in [0.29, 0.717) is 18.7 Å². The zero-order chi connectivity index (χ0) is 17.1. The topological polar surface area (TPSA) is 70.4 Å². The van der Waals surface area contributed by atoms with Gasteiger partial charge in [-0.1, -0.05) is 6.07 Å². The maximum absolute atomic E-state index is 12.6. The summed E-state index contributed by atoms with van der Waals surface area (Å²) in [6.45, 7) is 3.19. The molecule has 2 aromatic rings. The number of aryl methyl sites for hydroxylation is 1. The molecule has 0 bridgehead atoms. The van der Waals surface area contributed by atoms with Crippen LogP contribution in [0.2, 0.25) is 0 Å². The molecule has 1 aromatic heterocycles. The minimum atomic E-state index is -0.408. The second kappa shape index (κ2) is 7.05. The molecule has 2 N–H and O–H groups in total. The molecule has 1 amide bonds. The number of carbonyl (C=O) groups is 1. The van der Waals surface area contributed by atoms with Crippen LogP contribution >= 0.6 is 0 Å². The SMILES string of the molecule is CC(Nc1cccc(C(=O)N2CCCC(O)C2)c1)c1cnn(C)c1. The van der Waals surface area contributed by atoms with Crippen molar-refractivity contribution in [3.8, 4) is 0 Å². The Hall–Kier alpha value is -2.34. The lowest BCUT2D eigenvalue weighted by atomic mass is 10.1. The van der Waals surface area contributed by atoms with Crippen molar-refractivity contribution in [3.05, 3.63) is 47.8 Å². The molecule has 6 heteroatoms. The molecule has 0 radical (unpaired) electrons. The number of aromatic nitrogens is 2. The Kier molecular flexibility index (Phi) is 4.85. The van der Waals surface area contributed by atoms with Crippen LogP contribution < -0.4 is 5.32 Å². The fourth-order valence-corrected chi connectivity index (χ4v) is 3.06. The van der Waals surface area contributed by atoms with E-state index >= 15 is 0 Å². The first-order chi connectivity index (χ1) is 11.5. The van der Waals surface area contributed by atoms with Crippen molar-refractivity contribution in [2.24, 2.45) is 7.05 Å². The molecular weight excluding hydrogens is 304 g/mol. The Morgan fingerprint density at radius 1 is 1.46 bits per heavy atom. The molecule has 2 atom stereocenters. The number of amides is 1. The van der Waals surface area contributed by atoms with E-state index in [-0.39, 0.29) is 11.9 Å². The van der Waals surface area contributed by atoms with E-state index in [2.05, 4.69) is 17.3 Å². The Balaban J connectivity index is 1.70. The van der Waals surface area contributed by atoms with Gasteiger partial charge in [-0.2, -0.15) is 5.10 Å². The normalized spacial score (nSPS) is 19.1.